The van der Waals surface area contributed by atoms with Crippen molar-refractivity contribution in [3.05, 3.63) is 107 Å². The van der Waals surface area contributed by atoms with Crippen molar-refractivity contribution in [2.24, 2.45) is 0 Å². The zero-order valence-corrected chi connectivity index (χ0v) is 20.9. The van der Waals surface area contributed by atoms with Crippen molar-refractivity contribution >= 4 is 16.7 Å². The molecule has 1 heterocycles. The highest BCUT2D eigenvalue weighted by molar-refractivity contribution is 5.86. The Bertz CT molecular complexity index is 1420. The second-order valence-electron chi connectivity index (χ2n) is 9.55. The van der Waals surface area contributed by atoms with Gasteiger partial charge >= 0.3 is 5.97 Å². The molecule has 0 bridgehead atoms. The molecule has 2 N–H and O–H groups in total. The number of carbonyl (C=O) groups is 1. The van der Waals surface area contributed by atoms with Crippen LogP contribution in [0.5, 0.6) is 11.5 Å². The summed E-state index contributed by atoms with van der Waals surface area (Å²) in [6, 6.07) is 27.5. The van der Waals surface area contributed by atoms with E-state index in [9.17, 15) is 9.18 Å². The summed E-state index contributed by atoms with van der Waals surface area (Å²) in [6.07, 6.45) is -0.566. The lowest BCUT2D eigenvalue weighted by Crippen LogP contribution is -2.37. The highest BCUT2D eigenvalue weighted by Crippen LogP contribution is 2.41. The zero-order valence-electron chi connectivity index (χ0n) is 20.9. The number of aliphatic carboxylic acids is 1. The third-order valence-electron chi connectivity index (χ3n) is 7.04. The fourth-order valence-corrected chi connectivity index (χ4v) is 5.05. The zero-order chi connectivity index (χ0) is 25.9. The minimum Gasteiger partial charge on any atom is -0.489 e. The average molecular weight is 500 g/mol. The molecule has 1 aliphatic heterocycles. The van der Waals surface area contributed by atoms with E-state index >= 15 is 0 Å². The van der Waals surface area contributed by atoms with Crippen LogP contribution < -0.4 is 14.8 Å². The Morgan fingerprint density at radius 2 is 1.81 bits per heavy atom. The molecule has 0 saturated carbocycles. The number of benzene rings is 4. The summed E-state index contributed by atoms with van der Waals surface area (Å²) in [7, 11) is 0. The first-order valence-corrected chi connectivity index (χ1v) is 12.6. The SMILES string of the molecule is CC(Oc1ccc([C@H]2C[C@H](CN[C@H](C)c3cccc4ccccc34)Oc3ccccc32)cc1F)C(=O)O. The molecule has 5 nitrogen and oxygen atoms in total. The van der Waals surface area contributed by atoms with Crippen LogP contribution in [0.2, 0.25) is 0 Å². The first-order chi connectivity index (χ1) is 17.9. The highest BCUT2D eigenvalue weighted by atomic mass is 19.1. The van der Waals surface area contributed by atoms with Crippen LogP contribution in [0, 0.1) is 5.82 Å². The van der Waals surface area contributed by atoms with E-state index in [0.717, 1.165) is 16.9 Å². The first kappa shape index (κ1) is 24.8. The van der Waals surface area contributed by atoms with Gasteiger partial charge in [0.05, 0.1) is 0 Å². The van der Waals surface area contributed by atoms with E-state index in [1.807, 2.05) is 36.4 Å². The van der Waals surface area contributed by atoms with Crippen molar-refractivity contribution in [2.75, 3.05) is 6.54 Å². The third-order valence-corrected chi connectivity index (χ3v) is 7.04. The lowest BCUT2D eigenvalue weighted by molar-refractivity contribution is -0.144. The van der Waals surface area contributed by atoms with E-state index in [2.05, 4.69) is 48.6 Å². The lowest BCUT2D eigenvalue weighted by Gasteiger charge is -2.33. The van der Waals surface area contributed by atoms with E-state index in [0.29, 0.717) is 13.0 Å². The average Bonchev–Trinajstić information content (AvgIpc) is 2.92. The maximum Gasteiger partial charge on any atom is 0.344 e. The van der Waals surface area contributed by atoms with Crippen LogP contribution >= 0.6 is 0 Å². The van der Waals surface area contributed by atoms with Gasteiger partial charge in [0.2, 0.25) is 0 Å². The Morgan fingerprint density at radius 3 is 2.62 bits per heavy atom. The predicted molar refractivity (Wildman–Crippen MR) is 142 cm³/mol. The summed E-state index contributed by atoms with van der Waals surface area (Å²) < 4.78 is 26.5. The Balaban J connectivity index is 1.35. The van der Waals surface area contributed by atoms with Crippen LogP contribution in [0.4, 0.5) is 4.39 Å². The smallest absolute Gasteiger partial charge is 0.344 e. The van der Waals surface area contributed by atoms with E-state index in [-0.39, 0.29) is 23.8 Å². The first-order valence-electron chi connectivity index (χ1n) is 12.6. The number of para-hydroxylation sites is 1. The normalized spacial score (nSPS) is 18.5. The van der Waals surface area contributed by atoms with Crippen molar-refractivity contribution in [1.29, 1.82) is 0 Å². The summed E-state index contributed by atoms with van der Waals surface area (Å²) in [5.74, 6) is -1.06. The number of hydrogen-bond acceptors (Lipinski definition) is 4. The number of nitrogens with one attached hydrogen (secondary N) is 1. The molecule has 0 saturated heterocycles. The Morgan fingerprint density at radius 1 is 1.05 bits per heavy atom. The van der Waals surface area contributed by atoms with Gasteiger partial charge in [0.15, 0.2) is 17.7 Å². The minimum absolute atomic E-state index is 0.0648. The van der Waals surface area contributed by atoms with Gasteiger partial charge in [-0.15, -0.1) is 0 Å². The summed E-state index contributed by atoms with van der Waals surface area (Å²) in [5, 5.41) is 15.2. The summed E-state index contributed by atoms with van der Waals surface area (Å²) in [6.45, 7) is 4.17. The van der Waals surface area contributed by atoms with Crippen molar-refractivity contribution < 1.29 is 23.8 Å². The molecule has 0 radical (unpaired) electrons. The largest absolute Gasteiger partial charge is 0.489 e. The lowest BCUT2D eigenvalue weighted by atomic mass is 9.84. The van der Waals surface area contributed by atoms with Crippen LogP contribution in [0.1, 0.15) is 48.9 Å². The number of fused-ring (bicyclic) bond motifs is 2. The van der Waals surface area contributed by atoms with E-state index in [4.69, 9.17) is 14.6 Å². The Hall–Kier alpha value is -3.90. The van der Waals surface area contributed by atoms with Gasteiger partial charge in [-0.25, -0.2) is 9.18 Å². The number of rotatable bonds is 8. The number of carboxylic acid groups (broad SMARTS) is 1. The molecule has 0 spiro atoms. The van der Waals surface area contributed by atoms with Gasteiger partial charge in [-0.2, -0.15) is 0 Å². The van der Waals surface area contributed by atoms with Crippen molar-refractivity contribution in [2.45, 2.75) is 44.4 Å². The van der Waals surface area contributed by atoms with Gasteiger partial charge in [-0.1, -0.05) is 66.7 Å². The quantitative estimate of drug-likeness (QED) is 0.291. The predicted octanol–water partition coefficient (Wildman–Crippen LogP) is 6.46. The van der Waals surface area contributed by atoms with Crippen LogP contribution in [0.3, 0.4) is 0 Å². The molecule has 1 aliphatic rings. The van der Waals surface area contributed by atoms with Crippen LogP contribution in [-0.2, 0) is 4.79 Å². The maximum atomic E-state index is 14.9. The summed E-state index contributed by atoms with van der Waals surface area (Å²) in [5.41, 5.74) is 3.04. The molecule has 0 aromatic heterocycles. The van der Waals surface area contributed by atoms with Crippen LogP contribution in [0.25, 0.3) is 10.8 Å². The monoisotopic (exact) mass is 499 g/mol. The third kappa shape index (κ3) is 5.30. The molecule has 190 valence electrons. The van der Waals surface area contributed by atoms with Crippen molar-refractivity contribution in [3.63, 3.8) is 0 Å². The Kier molecular flexibility index (Phi) is 7.10. The molecule has 37 heavy (non-hydrogen) atoms. The van der Waals surface area contributed by atoms with Gasteiger partial charge in [-0.05, 0) is 60.4 Å². The number of ether oxygens (including phenoxy) is 2. The molecule has 0 amide bonds. The van der Waals surface area contributed by atoms with E-state index in [1.165, 1.54) is 35.4 Å². The number of halogens is 1. The standard InChI is InChI=1S/C31H30FNO4/c1-19(24-12-7-9-21-8-3-4-10-25(21)24)33-18-23-17-27(26-11-5-6-13-29(26)37-23)22-14-15-30(28(32)16-22)36-20(2)31(34)35/h3-16,19-20,23,27,33H,17-18H2,1-2H3,(H,34,35)/t19-,20?,23-,27-/m1/s1. The molecular formula is C31H30FNO4. The molecule has 4 aromatic carbocycles. The Labute approximate surface area is 215 Å². The molecule has 1 unspecified atom stereocenters. The van der Waals surface area contributed by atoms with Gasteiger partial charge in [0.1, 0.15) is 11.9 Å². The molecular weight excluding hydrogens is 469 g/mol. The number of carboxylic acids is 1. The molecule has 0 aliphatic carbocycles. The molecule has 5 rings (SSSR count). The minimum atomic E-state index is -1.14. The van der Waals surface area contributed by atoms with E-state index in [1.54, 1.807) is 0 Å². The number of hydrogen-bond donors (Lipinski definition) is 2. The fraction of sp³-hybridized carbons (Fsp3) is 0.258. The molecule has 4 aromatic rings. The van der Waals surface area contributed by atoms with Crippen molar-refractivity contribution in [3.8, 4) is 11.5 Å². The fourth-order valence-electron chi connectivity index (χ4n) is 5.05. The van der Waals surface area contributed by atoms with Crippen LogP contribution in [0.15, 0.2) is 84.9 Å². The highest BCUT2D eigenvalue weighted by Gasteiger charge is 2.30. The van der Waals surface area contributed by atoms with Gasteiger partial charge in [0, 0.05) is 24.1 Å². The van der Waals surface area contributed by atoms with Gasteiger partial charge < -0.3 is 19.9 Å². The van der Waals surface area contributed by atoms with Gasteiger partial charge in [-0.3, -0.25) is 0 Å². The summed E-state index contributed by atoms with van der Waals surface area (Å²) >= 11 is 0. The summed E-state index contributed by atoms with van der Waals surface area (Å²) in [4.78, 5) is 11.1. The van der Waals surface area contributed by atoms with Crippen molar-refractivity contribution in [1.82, 2.24) is 5.32 Å². The molecule has 4 atom stereocenters. The maximum absolute atomic E-state index is 14.9. The van der Waals surface area contributed by atoms with Crippen LogP contribution in [-0.4, -0.2) is 29.8 Å². The second kappa shape index (κ2) is 10.6. The molecule has 6 heteroatoms. The van der Waals surface area contributed by atoms with E-state index < -0.39 is 17.9 Å². The molecule has 0 fully saturated rings. The van der Waals surface area contributed by atoms with Gasteiger partial charge in [0.25, 0.3) is 0 Å². The second-order valence-corrected chi connectivity index (χ2v) is 9.55. The topological polar surface area (TPSA) is 67.8 Å².